The average Bonchev–Trinajstić information content (AvgIpc) is 2.29. The van der Waals surface area contributed by atoms with E-state index < -0.39 is 0 Å². The Hall–Kier alpha value is -0.540. The zero-order chi connectivity index (χ0) is 12.7. The molecular formula is C14H24N2S. The average molecular weight is 252 g/mol. The Balaban J connectivity index is 2.39. The molecule has 0 bridgehead atoms. The zero-order valence-corrected chi connectivity index (χ0v) is 12.3. The van der Waals surface area contributed by atoms with Crippen molar-refractivity contribution < 1.29 is 0 Å². The van der Waals surface area contributed by atoms with E-state index in [4.69, 9.17) is 0 Å². The van der Waals surface area contributed by atoms with Crippen molar-refractivity contribution in [3.8, 4) is 0 Å². The number of pyridine rings is 1. The van der Waals surface area contributed by atoms with Gasteiger partial charge in [-0.3, -0.25) is 4.98 Å². The second kappa shape index (κ2) is 7.72. The summed E-state index contributed by atoms with van der Waals surface area (Å²) in [5, 5.41) is 0. The van der Waals surface area contributed by atoms with E-state index in [2.05, 4.69) is 49.2 Å². The fourth-order valence-corrected chi connectivity index (χ4v) is 2.27. The SMILES string of the molecule is CSCCCN(C)[C@H](C)Cc1cc(C)ccn1. The van der Waals surface area contributed by atoms with Gasteiger partial charge in [-0.2, -0.15) is 11.8 Å². The standard InChI is InChI=1S/C14H24N2S/c1-12-6-7-15-14(10-12)11-13(2)16(3)8-5-9-17-4/h6-7,10,13H,5,8-9,11H2,1-4H3/t13-/m1/s1. The van der Waals surface area contributed by atoms with Crippen LogP contribution in [0.3, 0.4) is 0 Å². The van der Waals surface area contributed by atoms with Crippen LogP contribution in [0.5, 0.6) is 0 Å². The van der Waals surface area contributed by atoms with Gasteiger partial charge < -0.3 is 4.90 Å². The number of aromatic nitrogens is 1. The van der Waals surface area contributed by atoms with E-state index in [-0.39, 0.29) is 0 Å². The number of nitrogens with zero attached hydrogens (tertiary/aromatic N) is 2. The molecule has 0 aliphatic heterocycles. The number of thioether (sulfide) groups is 1. The van der Waals surface area contributed by atoms with E-state index in [1.54, 1.807) is 0 Å². The number of hydrogen-bond acceptors (Lipinski definition) is 3. The minimum atomic E-state index is 0.561. The van der Waals surface area contributed by atoms with Crippen LogP contribution in [0.2, 0.25) is 0 Å². The Morgan fingerprint density at radius 2 is 2.24 bits per heavy atom. The van der Waals surface area contributed by atoms with Crippen LogP contribution in [0.4, 0.5) is 0 Å². The monoisotopic (exact) mass is 252 g/mol. The molecular weight excluding hydrogens is 228 g/mol. The molecule has 1 atom stereocenters. The summed E-state index contributed by atoms with van der Waals surface area (Å²) in [5.41, 5.74) is 2.50. The van der Waals surface area contributed by atoms with Crippen molar-refractivity contribution in [1.82, 2.24) is 9.88 Å². The summed E-state index contributed by atoms with van der Waals surface area (Å²) < 4.78 is 0. The van der Waals surface area contributed by atoms with Gasteiger partial charge in [-0.15, -0.1) is 0 Å². The molecule has 1 rings (SSSR count). The van der Waals surface area contributed by atoms with Crippen molar-refractivity contribution in [3.63, 3.8) is 0 Å². The van der Waals surface area contributed by atoms with Crippen molar-refractivity contribution in [2.45, 2.75) is 32.7 Å². The lowest BCUT2D eigenvalue weighted by Gasteiger charge is -2.24. The third kappa shape index (κ3) is 5.55. The molecule has 0 fully saturated rings. The molecule has 0 aliphatic carbocycles. The number of aryl methyl sites for hydroxylation is 1. The van der Waals surface area contributed by atoms with Crippen LogP contribution < -0.4 is 0 Å². The number of likely N-dealkylation sites (N-methyl/N-ethyl adjacent to an activating group) is 1. The highest BCUT2D eigenvalue weighted by atomic mass is 32.2. The summed E-state index contributed by atoms with van der Waals surface area (Å²) in [6.07, 6.45) is 6.38. The van der Waals surface area contributed by atoms with Crippen molar-refractivity contribution >= 4 is 11.8 Å². The topological polar surface area (TPSA) is 16.1 Å². The summed E-state index contributed by atoms with van der Waals surface area (Å²) in [6, 6.07) is 4.80. The molecule has 0 radical (unpaired) electrons. The predicted octanol–water partition coefficient (Wildman–Crippen LogP) is 3.01. The van der Waals surface area contributed by atoms with Gasteiger partial charge in [0.1, 0.15) is 0 Å². The highest BCUT2D eigenvalue weighted by Gasteiger charge is 2.10. The van der Waals surface area contributed by atoms with E-state index in [0.29, 0.717) is 6.04 Å². The first-order valence-electron chi connectivity index (χ1n) is 6.24. The van der Waals surface area contributed by atoms with Crippen molar-refractivity contribution in [2.75, 3.05) is 25.6 Å². The van der Waals surface area contributed by atoms with Crippen LogP contribution in [-0.2, 0) is 6.42 Å². The van der Waals surface area contributed by atoms with Crippen LogP contribution >= 0.6 is 11.8 Å². The van der Waals surface area contributed by atoms with Crippen LogP contribution in [0.25, 0.3) is 0 Å². The largest absolute Gasteiger partial charge is 0.303 e. The Morgan fingerprint density at radius 1 is 1.47 bits per heavy atom. The lowest BCUT2D eigenvalue weighted by atomic mass is 10.1. The maximum absolute atomic E-state index is 4.43. The molecule has 0 amide bonds. The summed E-state index contributed by atoms with van der Waals surface area (Å²) >= 11 is 1.92. The molecule has 1 aromatic rings. The van der Waals surface area contributed by atoms with Crippen LogP contribution in [-0.4, -0.2) is 41.5 Å². The van der Waals surface area contributed by atoms with Crippen LogP contribution in [0.15, 0.2) is 18.3 Å². The van der Waals surface area contributed by atoms with Gasteiger partial charge in [0.05, 0.1) is 0 Å². The Kier molecular flexibility index (Phi) is 6.60. The van der Waals surface area contributed by atoms with Crippen LogP contribution in [0.1, 0.15) is 24.6 Å². The molecule has 96 valence electrons. The van der Waals surface area contributed by atoms with Crippen molar-refractivity contribution in [2.24, 2.45) is 0 Å². The molecule has 0 unspecified atom stereocenters. The van der Waals surface area contributed by atoms with Gasteiger partial charge in [0.15, 0.2) is 0 Å². The normalized spacial score (nSPS) is 13.0. The number of hydrogen-bond donors (Lipinski definition) is 0. The predicted molar refractivity (Wildman–Crippen MR) is 77.8 cm³/mol. The lowest BCUT2D eigenvalue weighted by molar-refractivity contribution is 0.256. The summed E-state index contributed by atoms with van der Waals surface area (Å²) in [5.74, 6) is 1.25. The molecule has 0 saturated heterocycles. The van der Waals surface area contributed by atoms with Gasteiger partial charge >= 0.3 is 0 Å². The molecule has 1 heterocycles. The first-order valence-corrected chi connectivity index (χ1v) is 7.63. The van der Waals surface area contributed by atoms with Crippen molar-refractivity contribution in [1.29, 1.82) is 0 Å². The van der Waals surface area contributed by atoms with E-state index in [1.165, 1.54) is 30.0 Å². The summed E-state index contributed by atoms with van der Waals surface area (Å²) in [6.45, 7) is 5.58. The molecule has 1 aromatic heterocycles. The molecule has 2 nitrogen and oxygen atoms in total. The van der Waals surface area contributed by atoms with Crippen molar-refractivity contribution in [3.05, 3.63) is 29.6 Å². The Labute approximate surface area is 110 Å². The summed E-state index contributed by atoms with van der Waals surface area (Å²) in [4.78, 5) is 6.86. The minimum Gasteiger partial charge on any atom is -0.303 e. The van der Waals surface area contributed by atoms with Gasteiger partial charge in [0, 0.05) is 24.4 Å². The molecule has 0 spiro atoms. The van der Waals surface area contributed by atoms with E-state index in [9.17, 15) is 0 Å². The highest BCUT2D eigenvalue weighted by molar-refractivity contribution is 7.98. The fourth-order valence-electron chi connectivity index (χ4n) is 1.85. The van der Waals surface area contributed by atoms with E-state index >= 15 is 0 Å². The maximum atomic E-state index is 4.43. The maximum Gasteiger partial charge on any atom is 0.0421 e. The van der Waals surface area contributed by atoms with Gasteiger partial charge in [-0.25, -0.2) is 0 Å². The van der Waals surface area contributed by atoms with Gasteiger partial charge in [-0.05, 0) is 63.6 Å². The van der Waals surface area contributed by atoms with E-state index in [1.807, 2.05) is 18.0 Å². The van der Waals surface area contributed by atoms with E-state index in [0.717, 1.165) is 6.42 Å². The zero-order valence-electron chi connectivity index (χ0n) is 11.4. The van der Waals surface area contributed by atoms with Crippen LogP contribution in [0, 0.1) is 6.92 Å². The first kappa shape index (κ1) is 14.5. The number of rotatable bonds is 7. The quantitative estimate of drug-likeness (QED) is 0.694. The molecule has 3 heteroatoms. The molecule has 0 N–H and O–H groups in total. The fraction of sp³-hybridized carbons (Fsp3) is 0.643. The second-order valence-corrected chi connectivity index (χ2v) is 5.69. The molecule has 0 aromatic carbocycles. The lowest BCUT2D eigenvalue weighted by Crippen LogP contribution is -2.32. The molecule has 0 aliphatic rings. The second-order valence-electron chi connectivity index (χ2n) is 4.70. The first-order chi connectivity index (χ1) is 8.13. The Morgan fingerprint density at radius 3 is 2.88 bits per heavy atom. The molecule has 0 saturated carbocycles. The minimum absolute atomic E-state index is 0.561. The third-order valence-corrected chi connectivity index (χ3v) is 3.79. The van der Waals surface area contributed by atoms with Gasteiger partial charge in [-0.1, -0.05) is 0 Å². The molecule has 17 heavy (non-hydrogen) atoms. The van der Waals surface area contributed by atoms with Gasteiger partial charge in [0.25, 0.3) is 0 Å². The highest BCUT2D eigenvalue weighted by Crippen LogP contribution is 2.08. The smallest absolute Gasteiger partial charge is 0.0421 e. The summed E-state index contributed by atoms with van der Waals surface area (Å²) in [7, 11) is 2.21. The van der Waals surface area contributed by atoms with Gasteiger partial charge in [0.2, 0.25) is 0 Å². The third-order valence-electron chi connectivity index (χ3n) is 3.09. The Bertz CT molecular complexity index is 328.